The van der Waals surface area contributed by atoms with Crippen molar-refractivity contribution in [3.8, 4) is 0 Å². The van der Waals surface area contributed by atoms with E-state index in [-0.39, 0.29) is 23.9 Å². The van der Waals surface area contributed by atoms with Gasteiger partial charge in [0.15, 0.2) is 6.61 Å². The molecule has 1 aliphatic rings. The van der Waals surface area contributed by atoms with E-state index in [0.717, 1.165) is 11.1 Å². The number of ether oxygens (including phenoxy) is 1. The molecule has 122 valence electrons. The number of benzene rings is 2. The van der Waals surface area contributed by atoms with Gasteiger partial charge in [0.2, 0.25) is 12.3 Å². The van der Waals surface area contributed by atoms with Gasteiger partial charge in [0.25, 0.3) is 0 Å². The molecule has 24 heavy (non-hydrogen) atoms. The molecule has 0 saturated carbocycles. The van der Waals surface area contributed by atoms with Gasteiger partial charge in [-0.3, -0.25) is 14.9 Å². The van der Waals surface area contributed by atoms with Crippen molar-refractivity contribution in [1.82, 2.24) is 0 Å². The molecular weight excluding hydrogens is 306 g/mol. The molecule has 0 bridgehead atoms. The van der Waals surface area contributed by atoms with Gasteiger partial charge < -0.3 is 4.74 Å². The van der Waals surface area contributed by atoms with Crippen LogP contribution in [-0.2, 0) is 14.9 Å². The number of nitro groups is 1. The van der Waals surface area contributed by atoms with E-state index in [1.165, 1.54) is 0 Å². The predicted molar refractivity (Wildman–Crippen MR) is 90.0 cm³/mol. The van der Waals surface area contributed by atoms with Gasteiger partial charge >= 0.3 is 0 Å². The van der Waals surface area contributed by atoms with E-state index in [2.05, 4.69) is 0 Å². The summed E-state index contributed by atoms with van der Waals surface area (Å²) >= 11 is 0. The van der Waals surface area contributed by atoms with E-state index < -0.39 is 5.41 Å². The Kier molecular flexibility index (Phi) is 4.16. The molecule has 0 aromatic heterocycles. The molecule has 5 nitrogen and oxygen atoms in total. The lowest BCUT2D eigenvalue weighted by atomic mass is 9.73. The summed E-state index contributed by atoms with van der Waals surface area (Å²) in [7, 11) is 0. The van der Waals surface area contributed by atoms with Gasteiger partial charge in [-0.15, -0.1) is 0 Å². The van der Waals surface area contributed by atoms with Crippen molar-refractivity contribution in [3.63, 3.8) is 0 Å². The Morgan fingerprint density at radius 1 is 1.08 bits per heavy atom. The highest BCUT2D eigenvalue weighted by Crippen LogP contribution is 2.40. The molecule has 0 fully saturated rings. The van der Waals surface area contributed by atoms with E-state index in [0.29, 0.717) is 11.3 Å². The third-order valence-corrected chi connectivity index (χ3v) is 4.30. The van der Waals surface area contributed by atoms with Crippen molar-refractivity contribution in [3.05, 3.63) is 87.5 Å². The first-order valence-corrected chi connectivity index (χ1v) is 7.66. The number of hydrogen-bond acceptors (Lipinski definition) is 4. The van der Waals surface area contributed by atoms with Gasteiger partial charge in [-0.2, -0.15) is 0 Å². The van der Waals surface area contributed by atoms with Gasteiger partial charge in [0, 0.05) is 10.5 Å². The summed E-state index contributed by atoms with van der Waals surface area (Å²) in [5.74, 6) is 0.232. The molecule has 0 radical (unpaired) electrons. The molecule has 0 unspecified atom stereocenters. The van der Waals surface area contributed by atoms with Crippen LogP contribution in [0.1, 0.15) is 18.1 Å². The molecular formula is C19H17NO4. The molecule has 5 heteroatoms. The fourth-order valence-electron chi connectivity index (χ4n) is 3.16. The lowest BCUT2D eigenvalue weighted by Crippen LogP contribution is -2.36. The molecule has 1 atom stereocenters. The summed E-state index contributed by atoms with van der Waals surface area (Å²) in [4.78, 5) is 23.5. The van der Waals surface area contributed by atoms with E-state index in [9.17, 15) is 14.9 Å². The number of carbonyl (C=O) groups excluding carboxylic acids is 1. The van der Waals surface area contributed by atoms with Gasteiger partial charge in [-0.25, -0.2) is 0 Å². The average Bonchev–Trinajstić information content (AvgIpc) is 2.98. The molecule has 0 spiro atoms. The van der Waals surface area contributed by atoms with Crippen LogP contribution in [0, 0.1) is 10.1 Å². The fraction of sp³-hybridized carbons (Fsp3) is 0.211. The van der Waals surface area contributed by atoms with Crippen molar-refractivity contribution in [2.45, 2.75) is 12.3 Å². The molecule has 0 amide bonds. The lowest BCUT2D eigenvalue weighted by Gasteiger charge is -2.27. The molecule has 0 aliphatic carbocycles. The molecule has 0 saturated heterocycles. The highest BCUT2D eigenvalue weighted by molar-refractivity contribution is 6.07. The summed E-state index contributed by atoms with van der Waals surface area (Å²) in [6, 6.07) is 18.3. The van der Waals surface area contributed by atoms with Gasteiger partial charge in [0.1, 0.15) is 5.76 Å². The van der Waals surface area contributed by atoms with Gasteiger partial charge in [-0.05, 0) is 12.5 Å². The number of hydrogen-bond donors (Lipinski definition) is 0. The third kappa shape index (κ3) is 2.80. The second kappa shape index (κ2) is 6.28. The zero-order valence-electron chi connectivity index (χ0n) is 13.3. The molecule has 0 N–H and O–H groups in total. The van der Waals surface area contributed by atoms with E-state index in [1.807, 2.05) is 60.7 Å². The van der Waals surface area contributed by atoms with Crippen LogP contribution in [0.4, 0.5) is 0 Å². The topological polar surface area (TPSA) is 69.4 Å². The first-order chi connectivity index (χ1) is 11.5. The summed E-state index contributed by atoms with van der Waals surface area (Å²) in [6.07, 6.45) is 0. The lowest BCUT2D eigenvalue weighted by molar-refractivity contribution is -0.488. The summed E-state index contributed by atoms with van der Waals surface area (Å²) in [6.45, 7) is 1.27. The third-order valence-electron chi connectivity index (χ3n) is 4.30. The summed E-state index contributed by atoms with van der Waals surface area (Å²) < 4.78 is 5.62. The Bertz CT molecular complexity index is 799. The number of rotatable bonds is 5. The highest BCUT2D eigenvalue weighted by atomic mass is 16.6. The van der Waals surface area contributed by atoms with Crippen LogP contribution in [0.3, 0.4) is 0 Å². The number of nitrogens with zero attached hydrogens (tertiary/aromatic N) is 1. The number of carbonyl (C=O) groups is 1. The Labute approximate surface area is 139 Å². The van der Waals surface area contributed by atoms with Crippen LogP contribution in [0.25, 0.3) is 5.76 Å². The van der Waals surface area contributed by atoms with Crippen molar-refractivity contribution >= 4 is 11.5 Å². The average molecular weight is 323 g/mol. The predicted octanol–water partition coefficient (Wildman–Crippen LogP) is 3.23. The smallest absolute Gasteiger partial charge is 0.217 e. The number of Topliss-reactive ketones (excluding diaryl/α,β-unsaturated/α-hetero) is 1. The van der Waals surface area contributed by atoms with Crippen LogP contribution in [0.2, 0.25) is 0 Å². The molecule has 1 aliphatic heterocycles. The van der Waals surface area contributed by atoms with Crippen LogP contribution in [0.15, 0.2) is 66.2 Å². The van der Waals surface area contributed by atoms with Crippen molar-refractivity contribution in [1.29, 1.82) is 0 Å². The molecule has 3 rings (SSSR count). The minimum atomic E-state index is -1.05. The quantitative estimate of drug-likeness (QED) is 0.626. The second-order valence-electron chi connectivity index (χ2n) is 5.97. The summed E-state index contributed by atoms with van der Waals surface area (Å²) in [5, 5.41) is 11.3. The van der Waals surface area contributed by atoms with Crippen molar-refractivity contribution in [2.24, 2.45) is 0 Å². The normalized spacial score (nSPS) is 16.6. The Morgan fingerprint density at radius 3 is 2.25 bits per heavy atom. The molecule has 1 heterocycles. The van der Waals surface area contributed by atoms with Crippen LogP contribution >= 0.6 is 0 Å². The van der Waals surface area contributed by atoms with Crippen LogP contribution < -0.4 is 0 Å². The zero-order valence-corrected chi connectivity index (χ0v) is 13.3. The maximum atomic E-state index is 12.6. The second-order valence-corrected chi connectivity index (χ2v) is 5.97. The number of ketones is 1. The van der Waals surface area contributed by atoms with Gasteiger partial charge in [-0.1, -0.05) is 60.7 Å². The fourth-order valence-corrected chi connectivity index (χ4v) is 3.16. The molecule has 2 aromatic carbocycles. The minimum Gasteiger partial charge on any atom is -0.484 e. The summed E-state index contributed by atoms with van der Waals surface area (Å²) in [5.41, 5.74) is 0.799. The van der Waals surface area contributed by atoms with E-state index in [1.54, 1.807) is 6.92 Å². The maximum Gasteiger partial charge on any atom is 0.217 e. The Hall–Kier alpha value is -2.95. The van der Waals surface area contributed by atoms with Gasteiger partial charge in [0.05, 0.1) is 11.0 Å². The largest absolute Gasteiger partial charge is 0.484 e. The van der Waals surface area contributed by atoms with Crippen LogP contribution in [0.5, 0.6) is 0 Å². The first kappa shape index (κ1) is 15.9. The van der Waals surface area contributed by atoms with Crippen LogP contribution in [-0.4, -0.2) is 23.9 Å². The highest BCUT2D eigenvalue weighted by Gasteiger charge is 2.45. The SMILES string of the molecule is C[C@](C[N+](=O)[O-])(C1=C(c2ccccc2)OCC1=O)c1ccccc1. The van der Waals surface area contributed by atoms with Crippen molar-refractivity contribution < 1.29 is 14.5 Å². The Morgan fingerprint density at radius 2 is 1.67 bits per heavy atom. The maximum absolute atomic E-state index is 12.6. The Balaban J connectivity index is 2.22. The standard InChI is InChI=1S/C19H17NO4/c1-19(13-20(22)23,15-10-6-3-7-11-15)17-16(21)12-24-18(17)14-8-4-2-5-9-14/h2-11H,12-13H2,1H3/t19-/m1/s1. The van der Waals surface area contributed by atoms with E-state index in [4.69, 9.17) is 4.74 Å². The van der Waals surface area contributed by atoms with Crippen molar-refractivity contribution in [2.75, 3.05) is 13.2 Å². The monoisotopic (exact) mass is 323 g/mol. The zero-order chi connectivity index (χ0) is 17.2. The molecule has 2 aromatic rings. The first-order valence-electron chi connectivity index (χ1n) is 7.66. The minimum absolute atomic E-state index is 0.0836. The van der Waals surface area contributed by atoms with E-state index >= 15 is 0 Å².